The Kier molecular flexibility index (Phi) is 26.1. The maximum absolute atomic E-state index is 14.2. The monoisotopic (exact) mass is 1120 g/mol. The Morgan fingerprint density at radius 2 is 1.15 bits per heavy atom. The molecule has 0 spiro atoms. The van der Waals surface area contributed by atoms with Crippen LogP contribution < -0.4 is 54.4 Å². The van der Waals surface area contributed by atoms with Gasteiger partial charge >= 0.3 is 17.9 Å². The van der Waals surface area contributed by atoms with Crippen molar-refractivity contribution < 1.29 is 77.6 Å². The average molecular weight is 1120 g/mol. The first-order chi connectivity index (χ1) is 36.8. The molecule has 0 saturated carbocycles. The lowest BCUT2D eigenvalue weighted by atomic mass is 10.0. The number of amides is 10. The Hall–Kier alpha value is -8.15. The highest BCUT2D eigenvalue weighted by Gasteiger charge is 2.40. The molecule has 428 valence electrons. The van der Waals surface area contributed by atoms with Gasteiger partial charge in [0.25, 0.3) is 0 Å². The molecule has 2 heterocycles. The number of likely N-dealkylation sites (tertiary alicyclic amines) is 1. The van der Waals surface area contributed by atoms with Gasteiger partial charge in [0.2, 0.25) is 59.1 Å². The molecule has 78 heavy (non-hydrogen) atoms. The summed E-state index contributed by atoms with van der Waals surface area (Å²) in [6.45, 7) is 3.61. The number of carbonyl (C=O) groups excluding carboxylic acids is 10. The molecule has 17 N–H and O–H groups in total. The fourth-order valence-electron chi connectivity index (χ4n) is 8.12. The average Bonchev–Trinajstić information content (AvgIpc) is 4.10. The molecule has 1 aliphatic rings. The molecule has 1 aliphatic heterocycles. The van der Waals surface area contributed by atoms with Gasteiger partial charge in [-0.05, 0) is 50.0 Å². The third kappa shape index (κ3) is 21.8. The van der Waals surface area contributed by atoms with Gasteiger partial charge in [-0.2, -0.15) is 12.6 Å². The maximum atomic E-state index is 14.2. The summed E-state index contributed by atoms with van der Waals surface area (Å²) in [6.07, 6.45) is -1.37. The van der Waals surface area contributed by atoms with E-state index >= 15 is 0 Å². The highest BCUT2D eigenvalue weighted by Crippen LogP contribution is 2.20. The van der Waals surface area contributed by atoms with Crippen LogP contribution in [0.5, 0.6) is 0 Å². The number of aromatic nitrogens is 2. The fourth-order valence-corrected chi connectivity index (χ4v) is 8.37. The highest BCUT2D eigenvalue weighted by molar-refractivity contribution is 7.80. The number of nitrogens with zero attached hydrogens (tertiary/aromatic N) is 2. The molecule has 10 amide bonds. The number of nitrogens with one attached hydrogen (secondary N) is 8. The van der Waals surface area contributed by atoms with Crippen LogP contribution in [0.1, 0.15) is 89.3 Å². The van der Waals surface area contributed by atoms with E-state index in [9.17, 15) is 77.6 Å². The first kappa shape index (κ1) is 64.1. The molecule has 0 radical (unpaired) electrons. The van der Waals surface area contributed by atoms with Crippen molar-refractivity contribution in [2.24, 2.45) is 23.1 Å². The Labute approximate surface area is 452 Å². The molecule has 2 aromatic rings. The Morgan fingerprint density at radius 1 is 0.654 bits per heavy atom. The number of imidazole rings is 1. The number of hydrogen-bond donors (Lipinski definition) is 15. The van der Waals surface area contributed by atoms with E-state index in [1.165, 1.54) is 12.5 Å². The number of carboxylic acids is 3. The topological polar surface area (TPSA) is 477 Å². The summed E-state index contributed by atoms with van der Waals surface area (Å²) >= 11 is 4.26. The smallest absolute Gasteiger partial charge is 0.326 e. The summed E-state index contributed by atoms with van der Waals surface area (Å²) in [5.41, 5.74) is 17.4. The van der Waals surface area contributed by atoms with Crippen LogP contribution in [-0.4, -0.2) is 174 Å². The molecule has 1 aromatic carbocycles. The van der Waals surface area contributed by atoms with E-state index in [1.54, 1.807) is 30.3 Å². The zero-order valence-electron chi connectivity index (χ0n) is 42.9. The van der Waals surface area contributed by atoms with E-state index < -0.39 is 157 Å². The molecule has 29 nitrogen and oxygen atoms in total. The van der Waals surface area contributed by atoms with Gasteiger partial charge in [0, 0.05) is 56.3 Å². The molecular formula is C48H69N13O16S. The van der Waals surface area contributed by atoms with Gasteiger partial charge in [-0.3, -0.25) is 57.5 Å². The SMILES string of the molecule is CC(C)C[C@H](N)C(=O)N[C@@H](CCC(N)=O)C(=O)N[C@@H](CCC(N)=O)C(=O)N[C@@H](CS)C(=O)N1CCC[C@H]1C(=O)N[C@@H](Cc1ccccc1)C(=O)N[C@@H](CCC(=O)O)C(=O)N[C@@H](CC(=O)O)C(=O)N[C@@H](Cc1cnc[nH]1)C(=O)O. The lowest BCUT2D eigenvalue weighted by molar-refractivity contribution is -0.144. The molecule has 1 fully saturated rings. The van der Waals surface area contributed by atoms with E-state index in [0.717, 1.165) is 4.90 Å². The standard InChI is InChI=1S/C48H69N13O16S/c1-24(2)17-27(49)40(68)54-28(10-13-36(50)62)41(69)55-29(11-14-37(51)63)43(71)60-34(22-78)47(75)61-16-6-9-35(61)46(74)58-31(18-25-7-4-3-5-8-25)44(72)56-30(12-15-38(64)65)42(70)57-32(20-39(66)67)45(73)59-33(48(76)77)19-26-21-52-23-53-26/h3-5,7-8,21,23-24,27-35,78H,6,9-20,22,49H2,1-2H3,(H2,50,62)(H2,51,63)(H,52,53)(H,54,68)(H,55,69)(H,56,72)(H,57,70)(H,58,74)(H,59,73)(H,60,71)(H,64,65)(H,66,67)(H,76,77)/t27-,28-,29-,30-,31-,32-,33-,34-,35-/m0/s1. The Morgan fingerprint density at radius 3 is 1.64 bits per heavy atom. The predicted octanol–water partition coefficient (Wildman–Crippen LogP) is -4.16. The number of benzene rings is 1. The number of carboxylic acid groups (broad SMARTS) is 3. The summed E-state index contributed by atoms with van der Waals surface area (Å²) in [6, 6.07) is -5.53. The predicted molar refractivity (Wildman–Crippen MR) is 276 cm³/mol. The van der Waals surface area contributed by atoms with Crippen molar-refractivity contribution in [3.63, 3.8) is 0 Å². The minimum atomic E-state index is -1.94. The molecule has 0 unspecified atom stereocenters. The van der Waals surface area contributed by atoms with Crippen LogP contribution in [0.3, 0.4) is 0 Å². The minimum absolute atomic E-state index is 0.00302. The van der Waals surface area contributed by atoms with Gasteiger partial charge in [0.05, 0.1) is 18.8 Å². The molecule has 0 aliphatic carbocycles. The zero-order chi connectivity index (χ0) is 58.2. The van der Waals surface area contributed by atoms with Crippen molar-refractivity contribution in [3.8, 4) is 0 Å². The van der Waals surface area contributed by atoms with Gasteiger partial charge in [0.15, 0.2) is 0 Å². The van der Waals surface area contributed by atoms with E-state index in [4.69, 9.17) is 17.2 Å². The van der Waals surface area contributed by atoms with E-state index in [0.29, 0.717) is 11.3 Å². The van der Waals surface area contributed by atoms with Crippen LogP contribution in [0, 0.1) is 5.92 Å². The molecule has 0 bridgehead atoms. The van der Waals surface area contributed by atoms with Gasteiger partial charge in [0.1, 0.15) is 48.3 Å². The second-order valence-electron chi connectivity index (χ2n) is 18.9. The summed E-state index contributed by atoms with van der Waals surface area (Å²) in [5.74, 6) is -14.5. The van der Waals surface area contributed by atoms with Gasteiger partial charge in [-0.25, -0.2) is 9.78 Å². The van der Waals surface area contributed by atoms with Gasteiger partial charge in [-0.15, -0.1) is 0 Å². The molecule has 1 aromatic heterocycles. The fraction of sp³-hybridized carbons (Fsp3) is 0.542. The maximum Gasteiger partial charge on any atom is 0.326 e. The quantitative estimate of drug-likeness (QED) is 0.0296. The zero-order valence-corrected chi connectivity index (χ0v) is 43.8. The van der Waals surface area contributed by atoms with Crippen LogP contribution in [0.4, 0.5) is 0 Å². The van der Waals surface area contributed by atoms with E-state index in [1.807, 2.05) is 13.8 Å². The van der Waals surface area contributed by atoms with Crippen molar-refractivity contribution in [2.45, 2.75) is 145 Å². The third-order valence-electron chi connectivity index (χ3n) is 12.1. The second kappa shape index (κ2) is 31.8. The Balaban J connectivity index is 1.86. The van der Waals surface area contributed by atoms with Crippen LogP contribution in [0.15, 0.2) is 42.9 Å². The van der Waals surface area contributed by atoms with Crippen LogP contribution in [-0.2, 0) is 75.2 Å². The number of aliphatic carboxylic acids is 3. The number of aromatic amines is 1. The van der Waals surface area contributed by atoms with Gasteiger partial charge in [-0.1, -0.05) is 44.2 Å². The summed E-state index contributed by atoms with van der Waals surface area (Å²) in [7, 11) is 0. The normalized spacial score (nSPS) is 16.1. The largest absolute Gasteiger partial charge is 0.481 e. The molecule has 3 rings (SSSR count). The number of primary amides is 2. The number of thiol groups is 1. The number of rotatable bonds is 34. The first-order valence-electron chi connectivity index (χ1n) is 24.8. The van der Waals surface area contributed by atoms with Crippen LogP contribution >= 0.6 is 12.6 Å². The van der Waals surface area contributed by atoms with Crippen LogP contribution in [0.25, 0.3) is 0 Å². The van der Waals surface area contributed by atoms with Crippen molar-refractivity contribution in [1.82, 2.24) is 52.1 Å². The molecule has 30 heteroatoms. The number of hydrogen-bond acceptors (Lipinski definition) is 16. The van der Waals surface area contributed by atoms with Crippen molar-refractivity contribution in [1.29, 1.82) is 0 Å². The third-order valence-corrected chi connectivity index (χ3v) is 12.5. The van der Waals surface area contributed by atoms with Crippen molar-refractivity contribution in [2.75, 3.05) is 12.3 Å². The molecule has 1 saturated heterocycles. The molecule has 9 atom stereocenters. The summed E-state index contributed by atoms with van der Waals surface area (Å²) in [4.78, 5) is 177. The first-order valence-corrected chi connectivity index (χ1v) is 25.5. The Bertz CT molecular complexity index is 2470. The second-order valence-corrected chi connectivity index (χ2v) is 19.3. The number of nitrogens with two attached hydrogens (primary N) is 3. The lowest BCUT2D eigenvalue weighted by Crippen LogP contribution is -2.60. The van der Waals surface area contributed by atoms with Crippen molar-refractivity contribution in [3.05, 3.63) is 54.1 Å². The molecular weight excluding hydrogens is 1050 g/mol. The highest BCUT2D eigenvalue weighted by atomic mass is 32.1. The number of H-pyrrole nitrogens is 1. The van der Waals surface area contributed by atoms with E-state index in [2.05, 4.69) is 59.8 Å². The summed E-state index contributed by atoms with van der Waals surface area (Å²) < 4.78 is 0. The number of carbonyl (C=O) groups is 13. The summed E-state index contributed by atoms with van der Waals surface area (Å²) in [5, 5.41) is 45.6. The van der Waals surface area contributed by atoms with Gasteiger partial charge < -0.3 is 79.6 Å². The van der Waals surface area contributed by atoms with Crippen LogP contribution in [0.2, 0.25) is 0 Å². The van der Waals surface area contributed by atoms with Crippen molar-refractivity contribution >= 4 is 89.6 Å². The lowest BCUT2D eigenvalue weighted by Gasteiger charge is -2.30. The van der Waals surface area contributed by atoms with E-state index in [-0.39, 0.29) is 69.6 Å². The minimum Gasteiger partial charge on any atom is -0.481 e.